The molecule has 0 spiro atoms. The van der Waals surface area contributed by atoms with E-state index in [4.69, 9.17) is 0 Å². The van der Waals surface area contributed by atoms with Gasteiger partial charge in [-0.1, -0.05) is 340 Å². The largest absolute Gasteiger partial charge is 0.309 e. The Kier molecular flexibility index (Phi) is 19.9. The molecule has 0 aliphatic rings. The van der Waals surface area contributed by atoms with Crippen LogP contribution in [0.2, 0.25) is 0 Å². The molecule has 29 aromatic rings. The molecule has 6 aromatic heterocycles. The topological polar surface area (TPSA) is 29.6 Å². The standard InChI is InChI=1S/C72H47N3.C66H43N3/c1-6-16-48(17-7-1)52-26-33-59(34-27-52)74-67-36-28-53(49-18-8-2-9-19-49)42-61(67)63-45-56(31-39-68(63)74)57-32-40-71-64(46-57)62-43-54(50-20-10-3-11-21-50)30-38-70(62)75(71)60-35-41-72-66(47-60)65-44-55(51-22-12-4-13-23-51)29-37-69(65)73(72)58-24-14-5-15-25-58;1-6-16-44(17-7-1)47-26-32-61-55(38-47)57-41-50(29-35-62(57)67(61)52-22-12-4-13-23-52)51-30-36-65-58(42-51)56-39-48(45-18-8-2-9-19-45)28-34-64(56)69(65)54-31-37-66-60(43-54)59-40-49(46-20-10-3-11-21-46)27-33-63(59)68(66)53-24-14-5-15-25-53/h1-47H;1-43H. The summed E-state index contributed by atoms with van der Waals surface area (Å²) in [6, 6.07) is 200. The van der Waals surface area contributed by atoms with E-state index >= 15 is 0 Å². The van der Waals surface area contributed by atoms with Crippen LogP contribution >= 0.6 is 0 Å². The van der Waals surface area contributed by atoms with E-state index in [1.165, 1.54) is 231 Å². The lowest BCUT2D eigenvalue weighted by molar-refractivity contribution is 1.17. The van der Waals surface area contributed by atoms with E-state index in [0.717, 1.165) is 34.1 Å². The van der Waals surface area contributed by atoms with Crippen LogP contribution in [0.15, 0.2) is 546 Å². The minimum absolute atomic E-state index is 1.13. The Bertz CT molecular complexity index is 10100. The molecule has 29 rings (SSSR count). The van der Waals surface area contributed by atoms with Gasteiger partial charge < -0.3 is 27.4 Å². The lowest BCUT2D eigenvalue weighted by Gasteiger charge is -2.11. The van der Waals surface area contributed by atoms with Gasteiger partial charge >= 0.3 is 0 Å². The van der Waals surface area contributed by atoms with Crippen molar-refractivity contribution in [2.75, 3.05) is 0 Å². The molecule has 6 nitrogen and oxygen atoms in total. The third-order valence-corrected chi connectivity index (χ3v) is 29.7. The molecule has 144 heavy (non-hydrogen) atoms. The summed E-state index contributed by atoms with van der Waals surface area (Å²) >= 11 is 0. The van der Waals surface area contributed by atoms with E-state index in [1.54, 1.807) is 0 Å². The first-order valence-corrected chi connectivity index (χ1v) is 49.6. The molecule has 672 valence electrons. The van der Waals surface area contributed by atoms with Crippen LogP contribution < -0.4 is 0 Å². The number of hydrogen-bond donors (Lipinski definition) is 0. The van der Waals surface area contributed by atoms with Gasteiger partial charge in [-0.15, -0.1) is 0 Å². The fourth-order valence-electron chi connectivity index (χ4n) is 22.8. The summed E-state index contributed by atoms with van der Waals surface area (Å²) in [4.78, 5) is 0. The lowest BCUT2D eigenvalue weighted by Crippen LogP contribution is -1.95. The summed E-state index contributed by atoms with van der Waals surface area (Å²) in [5.74, 6) is 0. The molecule has 0 atom stereocenters. The van der Waals surface area contributed by atoms with Crippen molar-refractivity contribution in [1.29, 1.82) is 0 Å². The Morgan fingerprint density at radius 1 is 0.0764 bits per heavy atom. The van der Waals surface area contributed by atoms with Gasteiger partial charge in [-0.05, 0) is 306 Å². The molecule has 0 saturated carbocycles. The average Bonchev–Trinajstić information content (AvgIpc) is 1.56. The highest BCUT2D eigenvalue weighted by molar-refractivity contribution is 6.19. The maximum absolute atomic E-state index is 2.47. The van der Waals surface area contributed by atoms with Crippen molar-refractivity contribution < 1.29 is 0 Å². The zero-order valence-electron chi connectivity index (χ0n) is 78.6. The molecule has 0 fully saturated rings. The number of aromatic nitrogens is 6. The van der Waals surface area contributed by atoms with Crippen molar-refractivity contribution in [3.05, 3.63) is 546 Å². The third kappa shape index (κ3) is 14.2. The van der Waals surface area contributed by atoms with Gasteiger partial charge in [0, 0.05) is 98.8 Å². The second-order valence-electron chi connectivity index (χ2n) is 37.9. The highest BCUT2D eigenvalue weighted by Gasteiger charge is 2.26. The van der Waals surface area contributed by atoms with Gasteiger partial charge in [-0.3, -0.25) is 0 Å². The predicted molar refractivity (Wildman–Crippen MR) is 608 cm³/mol. The van der Waals surface area contributed by atoms with Gasteiger partial charge in [-0.2, -0.15) is 0 Å². The van der Waals surface area contributed by atoms with E-state index in [-0.39, 0.29) is 0 Å². The summed E-state index contributed by atoms with van der Waals surface area (Å²) < 4.78 is 14.6. The fourth-order valence-corrected chi connectivity index (χ4v) is 22.8. The second kappa shape index (κ2) is 34.5. The van der Waals surface area contributed by atoms with Gasteiger partial charge in [0.25, 0.3) is 0 Å². The minimum Gasteiger partial charge on any atom is -0.309 e. The molecule has 6 heteroatoms. The number of fused-ring (bicyclic) bond motifs is 18. The van der Waals surface area contributed by atoms with Crippen molar-refractivity contribution in [2.24, 2.45) is 0 Å². The van der Waals surface area contributed by atoms with Gasteiger partial charge in [0.05, 0.1) is 66.2 Å². The first-order chi connectivity index (χ1) is 71.4. The molecule has 0 N–H and O–H groups in total. The molecule has 23 aromatic carbocycles. The average molecular weight is 1830 g/mol. The van der Waals surface area contributed by atoms with Crippen LogP contribution in [0.5, 0.6) is 0 Å². The SMILES string of the molecule is c1ccc(-c2ccc(-n3c4ccc(-c5ccccc5)cc4c4cc(-c5ccc6c(c5)c5cc(-c7ccccc7)ccc5n6-c5ccc6c(c5)c5cc(-c7ccccc7)ccc5n6-c5ccccc5)ccc43)cc2)cc1.c1ccc(-c2ccc3c(c2)c2cc(-c4ccc5c(c4)c4cc(-c6ccccc6)ccc4n5-c4ccc5c(c4)c4cc(-c6ccccc6)ccc4n5-c4ccccc4)ccc2n3-c2ccccc2)cc1. The molecule has 0 aliphatic heterocycles. The first-order valence-electron chi connectivity index (χ1n) is 49.6. The van der Waals surface area contributed by atoms with E-state index in [9.17, 15) is 0 Å². The van der Waals surface area contributed by atoms with Crippen molar-refractivity contribution >= 4 is 131 Å². The molecule has 0 bridgehead atoms. The van der Waals surface area contributed by atoms with Crippen LogP contribution in [-0.4, -0.2) is 27.4 Å². The smallest absolute Gasteiger partial charge is 0.0542 e. The lowest BCUT2D eigenvalue weighted by atomic mass is 9.98. The van der Waals surface area contributed by atoms with Crippen LogP contribution in [0, 0.1) is 0 Å². The normalized spacial score (nSPS) is 11.8. The molecule has 0 saturated heterocycles. The Labute approximate surface area is 832 Å². The highest BCUT2D eigenvalue weighted by atomic mass is 15.0. The van der Waals surface area contributed by atoms with Crippen LogP contribution in [0.1, 0.15) is 0 Å². The number of rotatable bonds is 15. The zero-order valence-corrected chi connectivity index (χ0v) is 78.6. The van der Waals surface area contributed by atoms with Gasteiger partial charge in [0.2, 0.25) is 0 Å². The van der Waals surface area contributed by atoms with E-state index in [0.29, 0.717) is 0 Å². The molecule has 0 radical (unpaired) electrons. The van der Waals surface area contributed by atoms with Crippen LogP contribution in [0.4, 0.5) is 0 Å². The van der Waals surface area contributed by atoms with Gasteiger partial charge in [-0.25, -0.2) is 0 Å². The Hall–Kier alpha value is -19.1. The quantitative estimate of drug-likeness (QED) is 0.0979. The molecule has 0 amide bonds. The van der Waals surface area contributed by atoms with Crippen molar-refractivity contribution in [2.45, 2.75) is 0 Å². The van der Waals surface area contributed by atoms with Crippen LogP contribution in [0.3, 0.4) is 0 Å². The minimum atomic E-state index is 1.13. The van der Waals surface area contributed by atoms with E-state index in [1.807, 2.05) is 0 Å². The van der Waals surface area contributed by atoms with Gasteiger partial charge in [0.1, 0.15) is 0 Å². The predicted octanol–water partition coefficient (Wildman–Crippen LogP) is 37.0. The maximum atomic E-state index is 2.47. The highest BCUT2D eigenvalue weighted by Crippen LogP contribution is 2.48. The van der Waals surface area contributed by atoms with Gasteiger partial charge in [0.15, 0.2) is 0 Å². The molecule has 0 aliphatic carbocycles. The zero-order chi connectivity index (χ0) is 94.8. The third-order valence-electron chi connectivity index (χ3n) is 29.7. The molecule has 0 unspecified atom stereocenters. The van der Waals surface area contributed by atoms with E-state index in [2.05, 4.69) is 573 Å². The summed E-state index contributed by atoms with van der Waals surface area (Å²) in [5, 5.41) is 14.7. The van der Waals surface area contributed by atoms with Crippen molar-refractivity contribution in [3.8, 4) is 134 Å². The number of hydrogen-bond acceptors (Lipinski definition) is 0. The molecule has 6 heterocycles. The second-order valence-corrected chi connectivity index (χ2v) is 37.9. The summed E-state index contributed by atoms with van der Waals surface area (Å²) in [5.41, 5.74) is 42.6. The van der Waals surface area contributed by atoms with Crippen molar-refractivity contribution in [3.63, 3.8) is 0 Å². The number of nitrogens with zero attached hydrogens (tertiary/aromatic N) is 6. The van der Waals surface area contributed by atoms with Crippen LogP contribution in [-0.2, 0) is 0 Å². The Balaban J connectivity index is 0.000000141. The molecular weight excluding hydrogens is 1740 g/mol. The fraction of sp³-hybridized carbons (Fsp3) is 0. The molecular formula is C138H90N6. The maximum Gasteiger partial charge on any atom is 0.0542 e. The van der Waals surface area contributed by atoms with Crippen molar-refractivity contribution in [1.82, 2.24) is 27.4 Å². The van der Waals surface area contributed by atoms with E-state index < -0.39 is 0 Å². The number of benzene rings is 23. The summed E-state index contributed by atoms with van der Waals surface area (Å²) in [7, 11) is 0. The summed E-state index contributed by atoms with van der Waals surface area (Å²) in [6.45, 7) is 0. The number of para-hydroxylation sites is 3. The Morgan fingerprint density at radius 3 is 0.368 bits per heavy atom. The first kappa shape index (κ1) is 83.1. The van der Waals surface area contributed by atoms with Crippen LogP contribution in [0.25, 0.3) is 265 Å². The monoisotopic (exact) mass is 1830 g/mol. The Morgan fingerprint density at radius 2 is 0.188 bits per heavy atom. The summed E-state index contributed by atoms with van der Waals surface area (Å²) in [6.07, 6.45) is 0.